The fourth-order valence-corrected chi connectivity index (χ4v) is 0.539. The summed E-state index contributed by atoms with van der Waals surface area (Å²) in [5, 5.41) is 0. The lowest BCUT2D eigenvalue weighted by atomic mass is 10.2. The molecule has 1 aliphatic rings. The zero-order valence-corrected chi connectivity index (χ0v) is 3.72. The van der Waals surface area contributed by atoms with Crippen molar-refractivity contribution in [1.29, 1.82) is 0 Å². The Hall–Kier alpha value is -0.330. The van der Waals surface area contributed by atoms with Crippen molar-refractivity contribution in [3.8, 4) is 0 Å². The van der Waals surface area contributed by atoms with Crippen LogP contribution in [0, 0.1) is 12.8 Å². The van der Waals surface area contributed by atoms with Crippen molar-refractivity contribution in [2.45, 2.75) is 6.42 Å². The van der Waals surface area contributed by atoms with Crippen LogP contribution in [0.15, 0.2) is 4.99 Å². The van der Waals surface area contributed by atoms with E-state index >= 15 is 0 Å². The highest BCUT2D eigenvalue weighted by Gasteiger charge is 2.00. The van der Waals surface area contributed by atoms with Crippen LogP contribution in [-0.4, -0.2) is 12.8 Å². The Kier molecular flexibility index (Phi) is 0.906. The molecule has 1 aliphatic heterocycles. The van der Waals surface area contributed by atoms with Crippen LogP contribution in [0.5, 0.6) is 0 Å². The topological polar surface area (TPSA) is 12.4 Å². The second-order valence-corrected chi connectivity index (χ2v) is 1.60. The molecule has 0 aliphatic carbocycles. The lowest BCUT2D eigenvalue weighted by Crippen LogP contribution is -1.86. The summed E-state index contributed by atoms with van der Waals surface area (Å²) in [6, 6.07) is 0. The standard InChI is InChI=1S/C5H8N/c1-5-2-3-6-4-5/h4-5H,1-3H2. The predicted octanol–water partition coefficient (Wildman–Crippen LogP) is 0.911. The summed E-state index contributed by atoms with van der Waals surface area (Å²) in [4.78, 5) is 3.98. The Labute approximate surface area is 38.1 Å². The highest BCUT2D eigenvalue weighted by molar-refractivity contribution is 5.63. The molecule has 0 aromatic carbocycles. The molecule has 0 saturated carbocycles. The van der Waals surface area contributed by atoms with Gasteiger partial charge in [-0.05, 0) is 19.3 Å². The van der Waals surface area contributed by atoms with Crippen molar-refractivity contribution in [3.63, 3.8) is 0 Å². The maximum Gasteiger partial charge on any atom is 0.0391 e. The summed E-state index contributed by atoms with van der Waals surface area (Å²) in [6.07, 6.45) is 3.07. The van der Waals surface area contributed by atoms with Crippen molar-refractivity contribution in [3.05, 3.63) is 6.92 Å². The fraction of sp³-hybridized carbons (Fsp3) is 0.600. The first-order valence-electron chi connectivity index (χ1n) is 2.22. The van der Waals surface area contributed by atoms with E-state index in [1.807, 2.05) is 6.21 Å². The molecule has 1 nitrogen and oxygen atoms in total. The molecular weight excluding hydrogens is 74.1 g/mol. The molecule has 0 N–H and O–H groups in total. The average Bonchev–Trinajstić information content (AvgIpc) is 1.86. The van der Waals surface area contributed by atoms with Crippen LogP contribution in [0.2, 0.25) is 0 Å². The largest absolute Gasteiger partial charge is 0.297 e. The zero-order valence-electron chi connectivity index (χ0n) is 3.72. The molecule has 0 aromatic heterocycles. The van der Waals surface area contributed by atoms with Crippen LogP contribution in [0.3, 0.4) is 0 Å². The van der Waals surface area contributed by atoms with E-state index in [1.54, 1.807) is 0 Å². The highest BCUT2D eigenvalue weighted by atomic mass is 14.7. The molecule has 1 radical (unpaired) electrons. The number of aliphatic imine (C=N–C) groups is 1. The van der Waals surface area contributed by atoms with Gasteiger partial charge in [0.2, 0.25) is 0 Å². The Morgan fingerprint density at radius 3 is 2.83 bits per heavy atom. The van der Waals surface area contributed by atoms with Gasteiger partial charge in [0.1, 0.15) is 0 Å². The van der Waals surface area contributed by atoms with Gasteiger partial charge in [-0.3, -0.25) is 4.99 Å². The summed E-state index contributed by atoms with van der Waals surface area (Å²) >= 11 is 0. The normalized spacial score (nSPS) is 31.8. The molecule has 0 spiro atoms. The van der Waals surface area contributed by atoms with Gasteiger partial charge in [0.15, 0.2) is 0 Å². The smallest absolute Gasteiger partial charge is 0.0391 e. The van der Waals surface area contributed by atoms with E-state index in [4.69, 9.17) is 0 Å². The van der Waals surface area contributed by atoms with Crippen LogP contribution in [0.4, 0.5) is 0 Å². The minimum absolute atomic E-state index is 0.505. The molecule has 0 bridgehead atoms. The third-order valence-corrected chi connectivity index (χ3v) is 0.945. The predicted molar refractivity (Wildman–Crippen MR) is 26.8 cm³/mol. The van der Waals surface area contributed by atoms with Gasteiger partial charge in [-0.15, -0.1) is 0 Å². The van der Waals surface area contributed by atoms with Gasteiger partial charge in [-0.2, -0.15) is 0 Å². The molecule has 0 amide bonds. The molecule has 0 fully saturated rings. The number of nitrogens with zero attached hydrogens (tertiary/aromatic N) is 1. The molecule has 6 heavy (non-hydrogen) atoms. The second kappa shape index (κ2) is 1.41. The lowest BCUT2D eigenvalue weighted by Gasteiger charge is -1.86. The molecule has 1 unspecified atom stereocenters. The van der Waals surface area contributed by atoms with Gasteiger partial charge in [0.05, 0.1) is 0 Å². The zero-order chi connectivity index (χ0) is 4.41. The molecule has 33 valence electrons. The van der Waals surface area contributed by atoms with Gasteiger partial charge in [-0.25, -0.2) is 0 Å². The third-order valence-electron chi connectivity index (χ3n) is 0.945. The first kappa shape index (κ1) is 3.85. The van der Waals surface area contributed by atoms with Gasteiger partial charge >= 0.3 is 0 Å². The molecule has 0 saturated heterocycles. The van der Waals surface area contributed by atoms with Crippen molar-refractivity contribution in [2.75, 3.05) is 6.54 Å². The van der Waals surface area contributed by atoms with E-state index in [2.05, 4.69) is 11.9 Å². The van der Waals surface area contributed by atoms with E-state index in [0.29, 0.717) is 5.92 Å². The number of rotatable bonds is 0. The first-order chi connectivity index (χ1) is 2.89. The Bertz CT molecular complexity index is 66.3. The minimum Gasteiger partial charge on any atom is -0.297 e. The molecule has 1 heterocycles. The molecule has 1 heteroatoms. The van der Waals surface area contributed by atoms with Crippen molar-refractivity contribution < 1.29 is 0 Å². The number of hydrogen-bond donors (Lipinski definition) is 0. The van der Waals surface area contributed by atoms with Gasteiger partial charge < -0.3 is 0 Å². The SMILES string of the molecule is [CH2]C1C=NCC1. The van der Waals surface area contributed by atoms with Crippen LogP contribution < -0.4 is 0 Å². The highest BCUT2D eigenvalue weighted by Crippen LogP contribution is 2.03. The van der Waals surface area contributed by atoms with E-state index in [0.717, 1.165) is 13.0 Å². The summed E-state index contributed by atoms with van der Waals surface area (Å²) in [5.74, 6) is 0.505. The first-order valence-corrected chi connectivity index (χ1v) is 2.22. The van der Waals surface area contributed by atoms with E-state index < -0.39 is 0 Å². The van der Waals surface area contributed by atoms with E-state index in [1.165, 1.54) is 0 Å². The molecule has 1 atom stereocenters. The maximum atomic E-state index is 3.98. The monoisotopic (exact) mass is 82.1 g/mol. The van der Waals surface area contributed by atoms with E-state index in [-0.39, 0.29) is 0 Å². The van der Waals surface area contributed by atoms with Crippen molar-refractivity contribution in [2.24, 2.45) is 10.9 Å². The van der Waals surface area contributed by atoms with Crippen molar-refractivity contribution in [1.82, 2.24) is 0 Å². The van der Waals surface area contributed by atoms with Gasteiger partial charge in [0.25, 0.3) is 0 Å². The fourth-order valence-electron chi connectivity index (χ4n) is 0.539. The van der Waals surface area contributed by atoms with Crippen LogP contribution in [0.1, 0.15) is 6.42 Å². The molecule has 1 rings (SSSR count). The van der Waals surface area contributed by atoms with E-state index in [9.17, 15) is 0 Å². The van der Waals surface area contributed by atoms with Crippen LogP contribution in [-0.2, 0) is 0 Å². The summed E-state index contributed by atoms with van der Waals surface area (Å²) in [6.45, 7) is 4.78. The molecule has 0 aromatic rings. The maximum absolute atomic E-state index is 3.98. The number of hydrogen-bond acceptors (Lipinski definition) is 1. The summed E-state index contributed by atoms with van der Waals surface area (Å²) in [5.41, 5.74) is 0. The Morgan fingerprint density at radius 2 is 2.67 bits per heavy atom. The minimum atomic E-state index is 0.505. The Balaban J connectivity index is 2.38. The van der Waals surface area contributed by atoms with Crippen molar-refractivity contribution >= 4 is 6.21 Å². The summed E-state index contributed by atoms with van der Waals surface area (Å²) < 4.78 is 0. The van der Waals surface area contributed by atoms with Gasteiger partial charge in [0, 0.05) is 12.8 Å². The summed E-state index contributed by atoms with van der Waals surface area (Å²) in [7, 11) is 0. The average molecular weight is 82.1 g/mol. The van der Waals surface area contributed by atoms with Gasteiger partial charge in [-0.1, -0.05) is 0 Å². The Morgan fingerprint density at radius 1 is 1.83 bits per heavy atom. The molecular formula is C5H8N. The van der Waals surface area contributed by atoms with Crippen LogP contribution >= 0.6 is 0 Å². The van der Waals surface area contributed by atoms with Crippen LogP contribution in [0.25, 0.3) is 0 Å². The second-order valence-electron chi connectivity index (χ2n) is 1.60. The quantitative estimate of drug-likeness (QED) is 0.412. The third kappa shape index (κ3) is 0.588. The lowest BCUT2D eigenvalue weighted by molar-refractivity contribution is 0.821.